The Morgan fingerprint density at radius 3 is 3.00 bits per heavy atom. The summed E-state index contributed by atoms with van der Waals surface area (Å²) in [5.74, 6) is 0.635. The molecule has 1 unspecified atom stereocenters. The Labute approximate surface area is 113 Å². The summed E-state index contributed by atoms with van der Waals surface area (Å²) >= 11 is 0. The third kappa shape index (κ3) is 3.17. The number of nitrogens with zero attached hydrogens (tertiary/aromatic N) is 1. The first kappa shape index (κ1) is 13.7. The molecule has 0 aliphatic carbocycles. The average Bonchev–Trinajstić information content (AvgIpc) is 2.40. The topological polar surface area (TPSA) is 53.6 Å². The minimum Gasteiger partial charge on any atom is -0.479 e. The maximum absolute atomic E-state index is 11.6. The molecular weight excluding hydrogens is 242 g/mol. The lowest BCUT2D eigenvalue weighted by Crippen LogP contribution is -2.34. The van der Waals surface area contributed by atoms with E-state index in [-0.39, 0.29) is 5.91 Å². The smallest absolute Gasteiger partial charge is 0.265 e. The summed E-state index contributed by atoms with van der Waals surface area (Å²) in [7, 11) is 2.03. The molecule has 1 heterocycles. The molecule has 0 spiro atoms. The largest absolute Gasteiger partial charge is 0.479 e. The van der Waals surface area contributed by atoms with E-state index in [0.717, 1.165) is 36.8 Å². The van der Waals surface area contributed by atoms with Gasteiger partial charge in [0, 0.05) is 25.8 Å². The Morgan fingerprint density at radius 2 is 2.26 bits per heavy atom. The summed E-state index contributed by atoms with van der Waals surface area (Å²) in [5.41, 5.74) is 1.81. The number of anilines is 2. The minimum atomic E-state index is -0.426. The van der Waals surface area contributed by atoms with Crippen molar-refractivity contribution >= 4 is 17.3 Å². The van der Waals surface area contributed by atoms with Crippen LogP contribution in [0.4, 0.5) is 11.4 Å². The van der Waals surface area contributed by atoms with Crippen LogP contribution in [-0.4, -0.2) is 38.7 Å². The first-order chi connectivity index (χ1) is 9.11. The van der Waals surface area contributed by atoms with Crippen LogP contribution in [-0.2, 0) is 4.79 Å². The van der Waals surface area contributed by atoms with Crippen LogP contribution in [0.5, 0.6) is 5.75 Å². The normalized spacial score (nSPS) is 17.4. The van der Waals surface area contributed by atoms with Crippen LogP contribution in [0.15, 0.2) is 18.2 Å². The number of hydrogen-bond donors (Lipinski definition) is 2. The zero-order valence-corrected chi connectivity index (χ0v) is 11.7. The highest BCUT2D eigenvalue weighted by Crippen LogP contribution is 2.32. The van der Waals surface area contributed by atoms with E-state index in [1.807, 2.05) is 25.2 Å². The fourth-order valence-corrected chi connectivity index (χ4v) is 1.99. The van der Waals surface area contributed by atoms with E-state index in [0.29, 0.717) is 0 Å². The number of carbonyl (C=O) groups is 1. The summed E-state index contributed by atoms with van der Waals surface area (Å²) in [6.45, 7) is 6.66. The van der Waals surface area contributed by atoms with Crippen LogP contribution >= 0.6 is 0 Å². The number of hydrogen-bond acceptors (Lipinski definition) is 4. The van der Waals surface area contributed by atoms with Gasteiger partial charge in [-0.05, 0) is 31.7 Å². The molecule has 0 fully saturated rings. The number of rotatable bonds is 5. The van der Waals surface area contributed by atoms with Gasteiger partial charge in [0.15, 0.2) is 6.10 Å². The number of carbonyl (C=O) groups excluding carboxylic acids is 1. The molecule has 2 rings (SSSR count). The van der Waals surface area contributed by atoms with E-state index in [4.69, 9.17) is 4.74 Å². The van der Waals surface area contributed by atoms with Crippen molar-refractivity contribution in [3.63, 3.8) is 0 Å². The van der Waals surface area contributed by atoms with Gasteiger partial charge in [-0.1, -0.05) is 6.92 Å². The Balaban J connectivity index is 2.08. The predicted octanol–water partition coefficient (Wildman–Crippen LogP) is 1.45. The van der Waals surface area contributed by atoms with Crippen LogP contribution in [0.1, 0.15) is 13.8 Å². The molecule has 1 amide bonds. The molecule has 1 atom stereocenters. The number of amides is 1. The maximum Gasteiger partial charge on any atom is 0.265 e. The summed E-state index contributed by atoms with van der Waals surface area (Å²) in [5, 5.41) is 6.15. The van der Waals surface area contributed by atoms with Gasteiger partial charge in [0.2, 0.25) is 0 Å². The second kappa shape index (κ2) is 5.93. The monoisotopic (exact) mass is 263 g/mol. The molecule has 1 aromatic rings. The zero-order chi connectivity index (χ0) is 13.8. The average molecular weight is 263 g/mol. The standard InChI is InChI=1S/C14H21N3O2/c1-4-15-7-8-17(3)11-5-6-13-12(9-11)16-14(18)10(2)19-13/h5-6,9-10,15H,4,7-8H2,1-3H3,(H,16,18). The molecule has 0 saturated carbocycles. The van der Waals surface area contributed by atoms with Crippen molar-refractivity contribution in [2.24, 2.45) is 0 Å². The van der Waals surface area contributed by atoms with E-state index < -0.39 is 6.10 Å². The van der Waals surface area contributed by atoms with Gasteiger partial charge in [-0.3, -0.25) is 4.79 Å². The quantitative estimate of drug-likeness (QED) is 0.790. The van der Waals surface area contributed by atoms with Crippen molar-refractivity contribution in [3.05, 3.63) is 18.2 Å². The number of nitrogens with one attached hydrogen (secondary N) is 2. The van der Waals surface area contributed by atoms with Crippen molar-refractivity contribution in [1.29, 1.82) is 0 Å². The van der Waals surface area contributed by atoms with Gasteiger partial charge >= 0.3 is 0 Å². The van der Waals surface area contributed by atoms with Crippen LogP contribution in [0.3, 0.4) is 0 Å². The first-order valence-corrected chi connectivity index (χ1v) is 6.65. The van der Waals surface area contributed by atoms with E-state index in [1.54, 1.807) is 6.92 Å². The maximum atomic E-state index is 11.6. The molecule has 0 saturated heterocycles. The predicted molar refractivity (Wildman–Crippen MR) is 77.0 cm³/mol. The van der Waals surface area contributed by atoms with E-state index in [2.05, 4.69) is 22.5 Å². The third-order valence-electron chi connectivity index (χ3n) is 3.21. The molecule has 1 aliphatic rings. The van der Waals surface area contributed by atoms with Crippen LogP contribution < -0.4 is 20.3 Å². The molecular formula is C14H21N3O2. The Morgan fingerprint density at radius 1 is 1.47 bits per heavy atom. The zero-order valence-electron chi connectivity index (χ0n) is 11.7. The third-order valence-corrected chi connectivity index (χ3v) is 3.21. The summed E-state index contributed by atoms with van der Waals surface area (Å²) < 4.78 is 5.53. The van der Waals surface area contributed by atoms with Crippen LogP contribution in [0.25, 0.3) is 0 Å². The fraction of sp³-hybridized carbons (Fsp3) is 0.500. The highest BCUT2D eigenvalue weighted by molar-refractivity contribution is 5.98. The van der Waals surface area contributed by atoms with Crippen LogP contribution in [0.2, 0.25) is 0 Å². The van der Waals surface area contributed by atoms with Gasteiger partial charge in [0.05, 0.1) is 5.69 Å². The second-order valence-electron chi connectivity index (χ2n) is 4.70. The molecule has 0 bridgehead atoms. The lowest BCUT2D eigenvalue weighted by atomic mass is 10.2. The summed E-state index contributed by atoms with van der Waals surface area (Å²) in [6.07, 6.45) is -0.426. The van der Waals surface area contributed by atoms with E-state index >= 15 is 0 Å². The molecule has 0 aromatic heterocycles. The highest BCUT2D eigenvalue weighted by Gasteiger charge is 2.23. The van der Waals surface area contributed by atoms with E-state index in [1.165, 1.54) is 0 Å². The fourth-order valence-electron chi connectivity index (χ4n) is 1.99. The Kier molecular flexibility index (Phi) is 4.27. The van der Waals surface area contributed by atoms with Crippen molar-refractivity contribution in [1.82, 2.24) is 5.32 Å². The molecule has 1 aromatic carbocycles. The Bertz CT molecular complexity index is 462. The molecule has 104 valence electrons. The van der Waals surface area contributed by atoms with Gasteiger partial charge in [0.1, 0.15) is 5.75 Å². The van der Waals surface area contributed by atoms with Crippen molar-refractivity contribution in [3.8, 4) is 5.75 Å². The van der Waals surface area contributed by atoms with Crippen molar-refractivity contribution in [2.45, 2.75) is 20.0 Å². The lowest BCUT2D eigenvalue weighted by Gasteiger charge is -2.26. The lowest BCUT2D eigenvalue weighted by molar-refractivity contribution is -0.122. The van der Waals surface area contributed by atoms with Gasteiger partial charge in [-0.15, -0.1) is 0 Å². The minimum absolute atomic E-state index is 0.0973. The van der Waals surface area contributed by atoms with Gasteiger partial charge in [-0.25, -0.2) is 0 Å². The highest BCUT2D eigenvalue weighted by atomic mass is 16.5. The molecule has 1 aliphatic heterocycles. The molecule has 5 heteroatoms. The molecule has 19 heavy (non-hydrogen) atoms. The number of benzene rings is 1. The number of fused-ring (bicyclic) bond motifs is 1. The van der Waals surface area contributed by atoms with Crippen LogP contribution in [0, 0.1) is 0 Å². The second-order valence-corrected chi connectivity index (χ2v) is 4.70. The first-order valence-electron chi connectivity index (χ1n) is 6.65. The van der Waals surface area contributed by atoms with Crippen molar-refractivity contribution in [2.75, 3.05) is 36.9 Å². The Hall–Kier alpha value is -1.75. The summed E-state index contributed by atoms with van der Waals surface area (Å²) in [6, 6.07) is 5.87. The van der Waals surface area contributed by atoms with Crippen molar-refractivity contribution < 1.29 is 9.53 Å². The molecule has 0 radical (unpaired) electrons. The molecule has 5 nitrogen and oxygen atoms in total. The van der Waals surface area contributed by atoms with Gasteiger partial charge in [-0.2, -0.15) is 0 Å². The number of likely N-dealkylation sites (N-methyl/N-ethyl adjacent to an activating group) is 2. The summed E-state index contributed by atoms with van der Waals surface area (Å²) in [4.78, 5) is 13.7. The number of ether oxygens (including phenoxy) is 1. The van der Waals surface area contributed by atoms with E-state index in [9.17, 15) is 4.79 Å². The van der Waals surface area contributed by atoms with Gasteiger partial charge in [0.25, 0.3) is 5.91 Å². The van der Waals surface area contributed by atoms with Gasteiger partial charge < -0.3 is 20.3 Å². The SMILES string of the molecule is CCNCCN(C)c1ccc2c(c1)NC(=O)C(C)O2. The molecule has 2 N–H and O–H groups in total.